The third-order valence-corrected chi connectivity index (χ3v) is 2.64. The summed E-state index contributed by atoms with van der Waals surface area (Å²) in [6.45, 7) is 7.78. The van der Waals surface area contributed by atoms with E-state index in [1.165, 1.54) is 31.5 Å². The number of benzene rings is 1. The first kappa shape index (κ1) is 12.1. The van der Waals surface area contributed by atoms with E-state index in [9.17, 15) is 0 Å². The van der Waals surface area contributed by atoms with Crippen LogP contribution in [0.1, 0.15) is 40.0 Å². The van der Waals surface area contributed by atoms with Gasteiger partial charge in [-0.3, -0.25) is 0 Å². The van der Waals surface area contributed by atoms with E-state index in [1.807, 2.05) is 0 Å². The molecule has 0 bridgehead atoms. The summed E-state index contributed by atoms with van der Waals surface area (Å²) in [6.07, 6.45) is 3.94. The van der Waals surface area contributed by atoms with E-state index in [0.717, 1.165) is 6.04 Å². The van der Waals surface area contributed by atoms with E-state index in [2.05, 4.69) is 56.0 Å². The van der Waals surface area contributed by atoms with Gasteiger partial charge in [0.25, 0.3) is 0 Å². The van der Waals surface area contributed by atoms with Crippen LogP contribution in [0.4, 0.5) is 5.69 Å². The summed E-state index contributed by atoms with van der Waals surface area (Å²) in [5.74, 6) is 0. The van der Waals surface area contributed by atoms with Crippen molar-refractivity contribution in [2.45, 2.75) is 46.1 Å². The summed E-state index contributed by atoms with van der Waals surface area (Å²) in [4.78, 5) is 2.49. The molecule has 0 aliphatic carbocycles. The maximum absolute atomic E-state index is 2.49. The highest BCUT2D eigenvalue weighted by Gasteiger charge is 2.19. The standard InChI is InChI=1S/C11H15N.C3H8/c1-10-6-5-9-12(10)11-7-3-2-4-8-11;1-3-2/h2-4,7-8,10H,5-6,9H2,1H3;3H2,1-2H3. The number of hydrogen-bond acceptors (Lipinski definition) is 1. The van der Waals surface area contributed by atoms with Crippen molar-refractivity contribution in [2.24, 2.45) is 0 Å². The topological polar surface area (TPSA) is 3.24 Å². The van der Waals surface area contributed by atoms with Gasteiger partial charge in [0.2, 0.25) is 0 Å². The second-order valence-corrected chi connectivity index (χ2v) is 4.23. The molecule has 1 aliphatic rings. The Morgan fingerprint density at radius 3 is 2.27 bits per heavy atom. The molecule has 84 valence electrons. The Labute approximate surface area is 94.1 Å². The molecule has 2 rings (SSSR count). The highest BCUT2D eigenvalue weighted by molar-refractivity contribution is 5.47. The smallest absolute Gasteiger partial charge is 0.0368 e. The third-order valence-electron chi connectivity index (χ3n) is 2.64. The number of rotatable bonds is 1. The van der Waals surface area contributed by atoms with Crippen molar-refractivity contribution in [3.63, 3.8) is 0 Å². The molecular weight excluding hydrogens is 182 g/mol. The minimum atomic E-state index is 0.729. The lowest BCUT2D eigenvalue weighted by atomic mass is 10.2. The second-order valence-electron chi connectivity index (χ2n) is 4.23. The van der Waals surface area contributed by atoms with E-state index < -0.39 is 0 Å². The fourth-order valence-electron chi connectivity index (χ4n) is 1.94. The molecule has 0 aromatic heterocycles. The number of anilines is 1. The Kier molecular flexibility index (Phi) is 5.23. The Hall–Kier alpha value is -0.980. The molecule has 1 heterocycles. The highest BCUT2D eigenvalue weighted by atomic mass is 15.2. The Morgan fingerprint density at radius 2 is 1.80 bits per heavy atom. The van der Waals surface area contributed by atoms with Crippen LogP contribution in [0.25, 0.3) is 0 Å². The van der Waals surface area contributed by atoms with Crippen molar-refractivity contribution < 1.29 is 0 Å². The van der Waals surface area contributed by atoms with Crippen molar-refractivity contribution in [3.05, 3.63) is 30.3 Å². The van der Waals surface area contributed by atoms with Gasteiger partial charge in [0.1, 0.15) is 0 Å². The molecule has 0 amide bonds. The predicted octanol–water partition coefficient (Wildman–Crippen LogP) is 4.09. The normalized spacial score (nSPS) is 19.7. The summed E-state index contributed by atoms with van der Waals surface area (Å²) in [5, 5.41) is 0. The van der Waals surface area contributed by atoms with Gasteiger partial charge in [-0.25, -0.2) is 0 Å². The fraction of sp³-hybridized carbons (Fsp3) is 0.571. The summed E-state index contributed by atoms with van der Waals surface area (Å²) in [6, 6.07) is 11.4. The summed E-state index contributed by atoms with van der Waals surface area (Å²) in [7, 11) is 0. The Morgan fingerprint density at radius 1 is 1.20 bits per heavy atom. The van der Waals surface area contributed by atoms with E-state index in [0.29, 0.717) is 0 Å². The average Bonchev–Trinajstić information content (AvgIpc) is 2.67. The zero-order valence-corrected chi connectivity index (χ0v) is 10.2. The maximum atomic E-state index is 2.49. The molecule has 1 aromatic rings. The third kappa shape index (κ3) is 3.58. The van der Waals surface area contributed by atoms with Gasteiger partial charge in [0.15, 0.2) is 0 Å². The molecule has 1 nitrogen and oxygen atoms in total. The molecule has 1 unspecified atom stereocenters. The molecule has 0 saturated carbocycles. The van der Waals surface area contributed by atoms with Crippen LogP contribution in [-0.2, 0) is 0 Å². The lowest BCUT2D eigenvalue weighted by Gasteiger charge is -2.23. The Bertz CT molecular complexity index is 255. The first-order chi connectivity index (χ1) is 7.29. The van der Waals surface area contributed by atoms with Crippen molar-refractivity contribution in [1.82, 2.24) is 0 Å². The number of hydrogen-bond donors (Lipinski definition) is 0. The van der Waals surface area contributed by atoms with Crippen LogP contribution in [0.5, 0.6) is 0 Å². The molecule has 0 spiro atoms. The van der Waals surface area contributed by atoms with Crippen LogP contribution in [0.15, 0.2) is 30.3 Å². The molecule has 1 atom stereocenters. The predicted molar refractivity (Wildman–Crippen MR) is 68.4 cm³/mol. The number of para-hydroxylation sites is 1. The second kappa shape index (κ2) is 6.49. The van der Waals surface area contributed by atoms with Crippen LogP contribution >= 0.6 is 0 Å². The van der Waals surface area contributed by atoms with E-state index in [4.69, 9.17) is 0 Å². The van der Waals surface area contributed by atoms with Crippen LogP contribution in [-0.4, -0.2) is 12.6 Å². The molecule has 0 radical (unpaired) electrons. The van der Waals surface area contributed by atoms with Gasteiger partial charge < -0.3 is 4.90 Å². The van der Waals surface area contributed by atoms with Gasteiger partial charge in [-0.1, -0.05) is 38.5 Å². The fourth-order valence-corrected chi connectivity index (χ4v) is 1.94. The van der Waals surface area contributed by atoms with E-state index in [-0.39, 0.29) is 0 Å². The largest absolute Gasteiger partial charge is 0.369 e. The van der Waals surface area contributed by atoms with Crippen molar-refractivity contribution in [3.8, 4) is 0 Å². The summed E-state index contributed by atoms with van der Waals surface area (Å²) >= 11 is 0. The summed E-state index contributed by atoms with van der Waals surface area (Å²) in [5.41, 5.74) is 1.38. The van der Waals surface area contributed by atoms with E-state index in [1.54, 1.807) is 0 Å². The van der Waals surface area contributed by atoms with Crippen LogP contribution in [0.2, 0.25) is 0 Å². The quantitative estimate of drug-likeness (QED) is 0.667. The van der Waals surface area contributed by atoms with Gasteiger partial charge in [0, 0.05) is 18.3 Å². The van der Waals surface area contributed by atoms with Gasteiger partial charge in [-0.05, 0) is 31.9 Å². The zero-order valence-electron chi connectivity index (χ0n) is 10.2. The molecule has 0 N–H and O–H groups in total. The maximum Gasteiger partial charge on any atom is 0.0368 e. The molecule has 1 saturated heterocycles. The van der Waals surface area contributed by atoms with Crippen LogP contribution in [0.3, 0.4) is 0 Å². The van der Waals surface area contributed by atoms with Gasteiger partial charge >= 0.3 is 0 Å². The van der Waals surface area contributed by atoms with E-state index >= 15 is 0 Å². The van der Waals surface area contributed by atoms with Crippen LogP contribution in [0, 0.1) is 0 Å². The van der Waals surface area contributed by atoms with Crippen LogP contribution < -0.4 is 4.90 Å². The van der Waals surface area contributed by atoms with Crippen molar-refractivity contribution in [1.29, 1.82) is 0 Å². The minimum absolute atomic E-state index is 0.729. The van der Waals surface area contributed by atoms with Crippen molar-refractivity contribution in [2.75, 3.05) is 11.4 Å². The molecule has 1 fully saturated rings. The molecule has 1 heteroatoms. The lowest BCUT2D eigenvalue weighted by molar-refractivity contribution is 0.735. The zero-order chi connectivity index (χ0) is 11.1. The molecular formula is C14H23N. The number of nitrogens with zero attached hydrogens (tertiary/aromatic N) is 1. The van der Waals surface area contributed by atoms with Crippen molar-refractivity contribution >= 4 is 5.69 Å². The van der Waals surface area contributed by atoms with Gasteiger partial charge in [-0.15, -0.1) is 0 Å². The minimum Gasteiger partial charge on any atom is -0.369 e. The molecule has 1 aromatic carbocycles. The average molecular weight is 205 g/mol. The summed E-state index contributed by atoms with van der Waals surface area (Å²) < 4.78 is 0. The first-order valence-corrected chi connectivity index (χ1v) is 6.11. The lowest BCUT2D eigenvalue weighted by Crippen LogP contribution is -2.25. The highest BCUT2D eigenvalue weighted by Crippen LogP contribution is 2.24. The molecule has 1 aliphatic heterocycles. The molecule has 15 heavy (non-hydrogen) atoms. The SMILES string of the molecule is CC1CCCN1c1ccccc1.CCC. The van der Waals surface area contributed by atoms with Gasteiger partial charge in [-0.2, -0.15) is 0 Å². The first-order valence-electron chi connectivity index (χ1n) is 6.11. The Balaban J connectivity index is 0.000000337. The monoisotopic (exact) mass is 205 g/mol. The van der Waals surface area contributed by atoms with Gasteiger partial charge in [0.05, 0.1) is 0 Å².